The molecule has 0 saturated heterocycles. The van der Waals surface area contributed by atoms with Gasteiger partial charge in [-0.2, -0.15) is 0 Å². The first kappa shape index (κ1) is 13.4. The Morgan fingerprint density at radius 3 is 1.80 bits per heavy atom. The standard InChI is InChI=1S/C8H3BrCl4O2/c1-15-8(14)2-4(10)6(12)3(9)7(13)5(2)11/h1H3. The van der Waals surface area contributed by atoms with Crippen LogP contribution in [0, 0.1) is 0 Å². The van der Waals surface area contributed by atoms with E-state index in [9.17, 15) is 4.79 Å². The van der Waals surface area contributed by atoms with E-state index in [0.29, 0.717) is 4.47 Å². The highest BCUT2D eigenvalue weighted by Gasteiger charge is 2.24. The molecule has 1 rings (SSSR count). The second-order valence-electron chi connectivity index (χ2n) is 2.44. The first-order valence-corrected chi connectivity index (χ1v) is 5.82. The zero-order chi connectivity index (χ0) is 11.7. The van der Waals surface area contributed by atoms with Crippen molar-refractivity contribution in [1.82, 2.24) is 0 Å². The molecule has 0 unspecified atom stereocenters. The summed E-state index contributed by atoms with van der Waals surface area (Å²) in [7, 11) is 1.21. The molecule has 0 heterocycles. The van der Waals surface area contributed by atoms with Gasteiger partial charge in [-0.3, -0.25) is 0 Å². The van der Waals surface area contributed by atoms with Gasteiger partial charge in [-0.05, 0) is 15.9 Å². The van der Waals surface area contributed by atoms with Crippen molar-refractivity contribution in [1.29, 1.82) is 0 Å². The lowest BCUT2D eigenvalue weighted by Crippen LogP contribution is -2.04. The Morgan fingerprint density at radius 2 is 1.47 bits per heavy atom. The SMILES string of the molecule is COC(=O)c1c(Cl)c(Cl)c(Br)c(Cl)c1Cl. The van der Waals surface area contributed by atoms with Crippen LogP contribution in [0.15, 0.2) is 4.47 Å². The lowest BCUT2D eigenvalue weighted by molar-refractivity contribution is 0.0601. The molecule has 0 amide bonds. The van der Waals surface area contributed by atoms with Crippen molar-refractivity contribution in [3.63, 3.8) is 0 Å². The topological polar surface area (TPSA) is 26.3 Å². The molecular weight excluding hydrogens is 350 g/mol. The molecule has 0 aliphatic heterocycles. The van der Waals surface area contributed by atoms with Crippen LogP contribution in [0.4, 0.5) is 0 Å². The molecule has 0 aliphatic rings. The molecule has 0 N–H and O–H groups in total. The molecule has 0 saturated carbocycles. The van der Waals surface area contributed by atoms with Crippen LogP contribution in [0.5, 0.6) is 0 Å². The van der Waals surface area contributed by atoms with E-state index < -0.39 is 5.97 Å². The second-order valence-corrected chi connectivity index (χ2v) is 4.74. The number of carbonyl (C=O) groups is 1. The number of ether oxygens (including phenoxy) is 1. The molecule has 15 heavy (non-hydrogen) atoms. The summed E-state index contributed by atoms with van der Waals surface area (Å²) < 4.78 is 4.85. The Labute approximate surface area is 115 Å². The van der Waals surface area contributed by atoms with Crippen molar-refractivity contribution in [2.45, 2.75) is 0 Å². The molecule has 0 bridgehead atoms. The van der Waals surface area contributed by atoms with Crippen LogP contribution in [0.25, 0.3) is 0 Å². The van der Waals surface area contributed by atoms with Gasteiger partial charge in [-0.15, -0.1) is 0 Å². The summed E-state index contributed by atoms with van der Waals surface area (Å²) in [6.07, 6.45) is 0. The maximum absolute atomic E-state index is 11.3. The molecule has 0 aromatic heterocycles. The third kappa shape index (κ3) is 2.37. The predicted octanol–water partition coefficient (Wildman–Crippen LogP) is 4.85. The summed E-state index contributed by atoms with van der Waals surface area (Å²) in [5, 5.41) is 0.243. The first-order valence-electron chi connectivity index (χ1n) is 3.51. The second kappa shape index (κ2) is 5.11. The van der Waals surface area contributed by atoms with Crippen LogP contribution >= 0.6 is 62.3 Å². The van der Waals surface area contributed by atoms with Gasteiger partial charge >= 0.3 is 5.97 Å². The van der Waals surface area contributed by atoms with E-state index in [-0.39, 0.29) is 25.7 Å². The van der Waals surface area contributed by atoms with Crippen LogP contribution in [-0.2, 0) is 4.74 Å². The fraction of sp³-hybridized carbons (Fsp3) is 0.125. The van der Waals surface area contributed by atoms with E-state index in [1.165, 1.54) is 7.11 Å². The van der Waals surface area contributed by atoms with E-state index >= 15 is 0 Å². The summed E-state index contributed by atoms with van der Waals surface area (Å²) >= 11 is 26.5. The number of benzene rings is 1. The molecule has 1 aromatic rings. The predicted molar refractivity (Wildman–Crippen MR) is 65.5 cm³/mol. The minimum atomic E-state index is -0.693. The van der Waals surface area contributed by atoms with E-state index in [0.717, 1.165) is 0 Å². The third-order valence-corrected chi connectivity index (χ3v) is 4.55. The van der Waals surface area contributed by atoms with Crippen LogP contribution < -0.4 is 0 Å². The smallest absolute Gasteiger partial charge is 0.341 e. The molecule has 7 heteroatoms. The van der Waals surface area contributed by atoms with Crippen molar-refractivity contribution in [3.05, 3.63) is 30.1 Å². The van der Waals surface area contributed by atoms with Crippen LogP contribution in [-0.4, -0.2) is 13.1 Å². The lowest BCUT2D eigenvalue weighted by atomic mass is 10.2. The summed E-state index contributed by atoms with van der Waals surface area (Å²) in [5.74, 6) is -0.693. The number of hydrogen-bond acceptors (Lipinski definition) is 2. The quantitative estimate of drug-likeness (QED) is 0.410. The summed E-state index contributed by atoms with van der Waals surface area (Å²) in [6, 6.07) is 0. The lowest BCUT2D eigenvalue weighted by Gasteiger charge is -2.10. The molecule has 0 aliphatic carbocycles. The van der Waals surface area contributed by atoms with Gasteiger partial charge in [0.25, 0.3) is 0 Å². The highest BCUT2D eigenvalue weighted by Crippen LogP contribution is 2.44. The molecule has 2 nitrogen and oxygen atoms in total. The minimum Gasteiger partial charge on any atom is -0.465 e. The summed E-state index contributed by atoms with van der Waals surface area (Å²) in [6.45, 7) is 0. The number of carbonyl (C=O) groups excluding carboxylic acids is 1. The third-order valence-electron chi connectivity index (χ3n) is 1.60. The first-order chi connectivity index (χ1) is 6.91. The van der Waals surface area contributed by atoms with E-state index in [1.54, 1.807) is 0 Å². The number of esters is 1. The highest BCUT2D eigenvalue weighted by atomic mass is 79.9. The molecule has 1 aromatic carbocycles. The molecule has 0 fully saturated rings. The fourth-order valence-corrected chi connectivity index (χ4v) is 2.52. The van der Waals surface area contributed by atoms with Gasteiger partial charge in [-0.1, -0.05) is 46.4 Å². The zero-order valence-corrected chi connectivity index (χ0v) is 11.8. The minimum absolute atomic E-state index is 0.00444. The monoisotopic (exact) mass is 350 g/mol. The number of halogens is 5. The van der Waals surface area contributed by atoms with Crippen LogP contribution in [0.2, 0.25) is 20.1 Å². The molecule has 0 radical (unpaired) electrons. The zero-order valence-electron chi connectivity index (χ0n) is 7.21. The van der Waals surface area contributed by atoms with Gasteiger partial charge in [0.05, 0.1) is 37.2 Å². The molecule has 0 atom stereocenters. The van der Waals surface area contributed by atoms with Crippen molar-refractivity contribution in [3.8, 4) is 0 Å². The van der Waals surface area contributed by atoms with Gasteiger partial charge in [-0.25, -0.2) is 4.79 Å². The number of hydrogen-bond donors (Lipinski definition) is 0. The number of methoxy groups -OCH3 is 1. The number of rotatable bonds is 1. The Hall–Kier alpha value is 0.330. The molecule has 0 spiro atoms. The Balaban J connectivity index is 3.60. The van der Waals surface area contributed by atoms with E-state index in [1.807, 2.05) is 0 Å². The maximum atomic E-state index is 11.3. The van der Waals surface area contributed by atoms with E-state index in [2.05, 4.69) is 20.7 Å². The largest absolute Gasteiger partial charge is 0.465 e. The van der Waals surface area contributed by atoms with Crippen molar-refractivity contribution < 1.29 is 9.53 Å². The maximum Gasteiger partial charge on any atom is 0.341 e. The Kier molecular flexibility index (Phi) is 4.56. The van der Waals surface area contributed by atoms with Crippen LogP contribution in [0.1, 0.15) is 10.4 Å². The van der Waals surface area contributed by atoms with Gasteiger partial charge in [0, 0.05) is 0 Å². The summed E-state index contributed by atoms with van der Waals surface area (Å²) in [5.41, 5.74) is -0.0426. The van der Waals surface area contributed by atoms with Gasteiger partial charge in [0.2, 0.25) is 0 Å². The average molecular weight is 353 g/mol. The van der Waals surface area contributed by atoms with Crippen molar-refractivity contribution >= 4 is 68.3 Å². The Bertz CT molecular complexity index is 404. The molecular formula is C8H3BrCl4O2. The Morgan fingerprint density at radius 1 is 1.07 bits per heavy atom. The highest BCUT2D eigenvalue weighted by molar-refractivity contribution is 9.10. The molecule has 82 valence electrons. The van der Waals surface area contributed by atoms with Crippen molar-refractivity contribution in [2.75, 3.05) is 7.11 Å². The van der Waals surface area contributed by atoms with E-state index in [4.69, 9.17) is 46.4 Å². The fourth-order valence-electron chi connectivity index (χ4n) is 0.886. The van der Waals surface area contributed by atoms with Gasteiger partial charge < -0.3 is 4.74 Å². The van der Waals surface area contributed by atoms with Crippen molar-refractivity contribution in [2.24, 2.45) is 0 Å². The van der Waals surface area contributed by atoms with Gasteiger partial charge in [0.15, 0.2) is 0 Å². The summed E-state index contributed by atoms with van der Waals surface area (Å²) in [4.78, 5) is 11.3. The average Bonchev–Trinajstić information content (AvgIpc) is 2.23. The van der Waals surface area contributed by atoms with Crippen LogP contribution in [0.3, 0.4) is 0 Å². The normalized spacial score (nSPS) is 10.3. The van der Waals surface area contributed by atoms with Gasteiger partial charge in [0.1, 0.15) is 0 Å².